The van der Waals surface area contributed by atoms with Crippen LogP contribution in [0.25, 0.3) is 0 Å². The van der Waals surface area contributed by atoms with E-state index in [1.165, 1.54) is 50.5 Å². The molecule has 0 aliphatic heterocycles. The summed E-state index contributed by atoms with van der Waals surface area (Å²) < 4.78 is 10.9. The summed E-state index contributed by atoms with van der Waals surface area (Å²) in [4.78, 5) is 0. The SMILES string of the molecule is CCCCCCOc1ccc(C2CCC(/C=C/COC)CC2)cc1. The summed E-state index contributed by atoms with van der Waals surface area (Å²) in [7, 11) is 1.75. The lowest BCUT2D eigenvalue weighted by Gasteiger charge is -2.27. The lowest BCUT2D eigenvalue weighted by atomic mass is 9.78. The van der Waals surface area contributed by atoms with Crippen LogP contribution in [0.15, 0.2) is 36.4 Å². The Kier molecular flexibility index (Phi) is 8.97. The Balaban J connectivity index is 1.72. The molecule has 0 amide bonds. The van der Waals surface area contributed by atoms with Gasteiger partial charge in [0.05, 0.1) is 13.2 Å². The normalized spacial score (nSPS) is 21.2. The molecule has 0 atom stereocenters. The number of rotatable bonds is 10. The van der Waals surface area contributed by atoms with E-state index >= 15 is 0 Å². The van der Waals surface area contributed by atoms with E-state index in [1.54, 1.807) is 7.11 Å². The lowest BCUT2D eigenvalue weighted by Crippen LogP contribution is -2.11. The number of benzene rings is 1. The van der Waals surface area contributed by atoms with Crippen LogP contribution in [-0.2, 0) is 4.74 Å². The fraction of sp³-hybridized carbons (Fsp3) is 0.636. The topological polar surface area (TPSA) is 18.5 Å². The van der Waals surface area contributed by atoms with Gasteiger partial charge < -0.3 is 9.47 Å². The van der Waals surface area contributed by atoms with Crippen molar-refractivity contribution in [3.8, 4) is 5.75 Å². The van der Waals surface area contributed by atoms with Crippen molar-refractivity contribution in [3.05, 3.63) is 42.0 Å². The van der Waals surface area contributed by atoms with E-state index in [4.69, 9.17) is 9.47 Å². The second kappa shape index (κ2) is 11.3. The molecule has 1 aromatic carbocycles. The van der Waals surface area contributed by atoms with E-state index < -0.39 is 0 Å². The highest BCUT2D eigenvalue weighted by molar-refractivity contribution is 5.29. The molecule has 1 saturated carbocycles. The molecule has 0 saturated heterocycles. The first-order valence-electron chi connectivity index (χ1n) is 9.71. The molecule has 2 heteroatoms. The molecule has 0 heterocycles. The molecule has 1 aliphatic carbocycles. The molecule has 1 aliphatic rings. The maximum atomic E-state index is 5.85. The summed E-state index contributed by atoms with van der Waals surface area (Å²) in [5, 5.41) is 0. The van der Waals surface area contributed by atoms with Gasteiger partial charge in [0.25, 0.3) is 0 Å². The molecule has 0 radical (unpaired) electrons. The van der Waals surface area contributed by atoms with Crippen LogP contribution < -0.4 is 4.74 Å². The largest absolute Gasteiger partial charge is 0.494 e. The lowest BCUT2D eigenvalue weighted by molar-refractivity contribution is 0.233. The minimum atomic E-state index is 0.718. The number of methoxy groups -OCH3 is 1. The molecular formula is C22H34O2. The minimum absolute atomic E-state index is 0.718. The van der Waals surface area contributed by atoms with Crippen LogP contribution in [0.3, 0.4) is 0 Å². The van der Waals surface area contributed by atoms with Gasteiger partial charge in [0.2, 0.25) is 0 Å². The zero-order chi connectivity index (χ0) is 17.0. The zero-order valence-electron chi connectivity index (χ0n) is 15.5. The highest BCUT2D eigenvalue weighted by atomic mass is 16.5. The van der Waals surface area contributed by atoms with Gasteiger partial charge in [-0.2, -0.15) is 0 Å². The van der Waals surface area contributed by atoms with E-state index in [1.807, 2.05) is 0 Å². The maximum absolute atomic E-state index is 5.85. The molecule has 0 unspecified atom stereocenters. The standard InChI is InChI=1S/C22H34O2/c1-3-4-5-6-18-24-22-15-13-21(14-16-22)20-11-9-19(10-12-20)8-7-17-23-2/h7-8,13-16,19-20H,3-6,9-12,17-18H2,1-2H3/b8-7+. The van der Waals surface area contributed by atoms with Gasteiger partial charge in [0.1, 0.15) is 5.75 Å². The predicted molar refractivity (Wildman–Crippen MR) is 102 cm³/mol. The van der Waals surface area contributed by atoms with Crippen LogP contribution in [0.1, 0.15) is 69.8 Å². The van der Waals surface area contributed by atoms with Crippen LogP contribution in [0.4, 0.5) is 0 Å². The first kappa shape index (κ1) is 19.1. The summed E-state index contributed by atoms with van der Waals surface area (Å²) in [5.74, 6) is 2.48. The first-order chi connectivity index (χ1) is 11.8. The Morgan fingerprint density at radius 3 is 2.42 bits per heavy atom. The Hall–Kier alpha value is -1.28. The molecule has 0 spiro atoms. The van der Waals surface area contributed by atoms with Gasteiger partial charge in [-0.25, -0.2) is 0 Å². The minimum Gasteiger partial charge on any atom is -0.494 e. The number of hydrogen-bond donors (Lipinski definition) is 0. The van der Waals surface area contributed by atoms with E-state index in [0.717, 1.165) is 37.2 Å². The van der Waals surface area contributed by atoms with Crippen LogP contribution in [0, 0.1) is 5.92 Å². The molecular weight excluding hydrogens is 296 g/mol. The molecule has 134 valence electrons. The Morgan fingerprint density at radius 2 is 1.75 bits per heavy atom. The van der Waals surface area contributed by atoms with Crippen molar-refractivity contribution < 1.29 is 9.47 Å². The smallest absolute Gasteiger partial charge is 0.119 e. The fourth-order valence-corrected chi connectivity index (χ4v) is 3.54. The van der Waals surface area contributed by atoms with Gasteiger partial charge in [-0.3, -0.25) is 0 Å². The zero-order valence-corrected chi connectivity index (χ0v) is 15.5. The number of hydrogen-bond acceptors (Lipinski definition) is 2. The number of allylic oxidation sites excluding steroid dienone is 1. The van der Waals surface area contributed by atoms with Gasteiger partial charge in [-0.15, -0.1) is 0 Å². The van der Waals surface area contributed by atoms with E-state index in [-0.39, 0.29) is 0 Å². The molecule has 1 fully saturated rings. The highest BCUT2D eigenvalue weighted by Gasteiger charge is 2.20. The Morgan fingerprint density at radius 1 is 1.00 bits per heavy atom. The molecule has 0 bridgehead atoms. The van der Waals surface area contributed by atoms with Crippen LogP contribution in [0.5, 0.6) is 5.75 Å². The average molecular weight is 331 g/mol. The molecule has 0 aromatic heterocycles. The fourth-order valence-electron chi connectivity index (χ4n) is 3.54. The quantitative estimate of drug-likeness (QED) is 0.380. The molecule has 24 heavy (non-hydrogen) atoms. The van der Waals surface area contributed by atoms with Gasteiger partial charge in [0, 0.05) is 7.11 Å². The monoisotopic (exact) mass is 330 g/mol. The van der Waals surface area contributed by atoms with Gasteiger partial charge in [-0.1, -0.05) is 50.5 Å². The van der Waals surface area contributed by atoms with E-state index in [9.17, 15) is 0 Å². The molecule has 0 N–H and O–H groups in total. The third-order valence-corrected chi connectivity index (χ3v) is 5.06. The van der Waals surface area contributed by atoms with Crippen LogP contribution in [-0.4, -0.2) is 20.3 Å². The molecule has 2 rings (SSSR count). The van der Waals surface area contributed by atoms with Crippen molar-refractivity contribution in [2.75, 3.05) is 20.3 Å². The molecule has 2 nitrogen and oxygen atoms in total. The average Bonchev–Trinajstić information content (AvgIpc) is 2.63. The van der Waals surface area contributed by atoms with E-state index in [0.29, 0.717) is 0 Å². The van der Waals surface area contributed by atoms with Crippen molar-refractivity contribution in [1.29, 1.82) is 0 Å². The van der Waals surface area contributed by atoms with Crippen LogP contribution >= 0.6 is 0 Å². The van der Waals surface area contributed by atoms with Crippen LogP contribution in [0.2, 0.25) is 0 Å². The second-order valence-corrected chi connectivity index (χ2v) is 6.97. The second-order valence-electron chi connectivity index (χ2n) is 6.97. The summed E-state index contributed by atoms with van der Waals surface area (Å²) in [6.45, 7) is 3.82. The van der Waals surface area contributed by atoms with Gasteiger partial charge in [0.15, 0.2) is 0 Å². The Labute approximate surface area is 148 Å². The Bertz CT molecular complexity index is 455. The summed E-state index contributed by atoms with van der Waals surface area (Å²) >= 11 is 0. The van der Waals surface area contributed by atoms with Crippen molar-refractivity contribution in [2.24, 2.45) is 5.92 Å². The van der Waals surface area contributed by atoms with Crippen molar-refractivity contribution in [2.45, 2.75) is 64.2 Å². The highest BCUT2D eigenvalue weighted by Crippen LogP contribution is 2.36. The van der Waals surface area contributed by atoms with Crippen molar-refractivity contribution in [1.82, 2.24) is 0 Å². The first-order valence-corrected chi connectivity index (χ1v) is 9.71. The molecule has 1 aromatic rings. The number of ether oxygens (including phenoxy) is 2. The summed E-state index contributed by atoms with van der Waals surface area (Å²) in [6, 6.07) is 8.85. The van der Waals surface area contributed by atoms with Gasteiger partial charge in [-0.05, 0) is 61.6 Å². The van der Waals surface area contributed by atoms with Gasteiger partial charge >= 0.3 is 0 Å². The third kappa shape index (κ3) is 6.68. The summed E-state index contributed by atoms with van der Waals surface area (Å²) in [6.07, 6.45) is 14.7. The maximum Gasteiger partial charge on any atom is 0.119 e. The summed E-state index contributed by atoms with van der Waals surface area (Å²) in [5.41, 5.74) is 1.48. The van der Waals surface area contributed by atoms with Crippen molar-refractivity contribution in [3.63, 3.8) is 0 Å². The van der Waals surface area contributed by atoms with E-state index in [2.05, 4.69) is 43.3 Å². The van der Waals surface area contributed by atoms with Crippen molar-refractivity contribution >= 4 is 0 Å². The predicted octanol–water partition coefficient (Wildman–Crippen LogP) is 6.12. The number of unbranched alkanes of at least 4 members (excludes halogenated alkanes) is 3. The third-order valence-electron chi connectivity index (χ3n) is 5.06.